The van der Waals surface area contributed by atoms with Crippen LogP contribution in [0.4, 0.5) is 0 Å². The summed E-state index contributed by atoms with van der Waals surface area (Å²) in [4.78, 5) is 0. The Morgan fingerprint density at radius 1 is 0.703 bits per heavy atom. The molecule has 1 unspecified atom stereocenters. The largest absolute Gasteiger partial charge is 0.414 e. The average Bonchev–Trinajstić information content (AvgIpc) is 2.66. The van der Waals surface area contributed by atoms with Crippen LogP contribution in [0.1, 0.15) is 76.2 Å². The SMILES string of the molecule is CC(C)C(O)[C@H]1O[C@H](CO[Si](C)(C)C(C)(C)C)[C@@H](O[Si](C)(C)C(C)(C)C)[C@H](O[Si](C)(C)C(C)(C)C)[C@H]1O. The molecule has 1 aliphatic heterocycles. The zero-order chi connectivity index (χ0) is 29.6. The molecule has 0 amide bonds. The molecule has 1 rings (SSSR count). The normalized spacial score (nSPS) is 28.1. The molecule has 1 heterocycles. The molecule has 0 radical (unpaired) electrons. The van der Waals surface area contributed by atoms with Crippen LogP contribution in [-0.2, 0) is 18.0 Å². The van der Waals surface area contributed by atoms with Gasteiger partial charge < -0.3 is 28.2 Å². The third kappa shape index (κ3) is 8.45. The van der Waals surface area contributed by atoms with Gasteiger partial charge in [-0.05, 0) is 60.3 Å². The summed E-state index contributed by atoms with van der Waals surface area (Å²) in [5, 5.41) is 22.8. The van der Waals surface area contributed by atoms with E-state index in [1.165, 1.54) is 0 Å². The molecule has 9 heteroatoms. The van der Waals surface area contributed by atoms with Gasteiger partial charge in [0.05, 0.1) is 12.7 Å². The van der Waals surface area contributed by atoms with Gasteiger partial charge in [-0.2, -0.15) is 0 Å². The van der Waals surface area contributed by atoms with Gasteiger partial charge in [0.1, 0.15) is 30.5 Å². The van der Waals surface area contributed by atoms with Crippen LogP contribution in [0.3, 0.4) is 0 Å². The number of aliphatic hydroxyl groups excluding tert-OH is 2. The van der Waals surface area contributed by atoms with Crippen molar-refractivity contribution in [3.8, 4) is 0 Å². The molecule has 0 bridgehead atoms. The van der Waals surface area contributed by atoms with Gasteiger partial charge in [-0.3, -0.25) is 0 Å². The van der Waals surface area contributed by atoms with Gasteiger partial charge in [0.15, 0.2) is 25.0 Å². The highest BCUT2D eigenvalue weighted by Crippen LogP contribution is 2.44. The van der Waals surface area contributed by atoms with E-state index in [0.29, 0.717) is 6.61 Å². The van der Waals surface area contributed by atoms with Crippen molar-refractivity contribution in [2.75, 3.05) is 6.61 Å². The van der Waals surface area contributed by atoms with Crippen LogP contribution in [0, 0.1) is 5.92 Å². The zero-order valence-electron chi connectivity index (χ0n) is 27.3. The van der Waals surface area contributed by atoms with E-state index in [-0.39, 0.29) is 21.0 Å². The van der Waals surface area contributed by atoms with E-state index >= 15 is 0 Å². The van der Waals surface area contributed by atoms with E-state index < -0.39 is 61.6 Å². The average molecular weight is 579 g/mol. The van der Waals surface area contributed by atoms with Crippen molar-refractivity contribution in [3.63, 3.8) is 0 Å². The van der Waals surface area contributed by atoms with E-state index in [4.69, 9.17) is 18.0 Å². The highest BCUT2D eigenvalue weighted by molar-refractivity contribution is 6.75. The van der Waals surface area contributed by atoms with Crippen LogP contribution in [0.5, 0.6) is 0 Å². The second kappa shape index (κ2) is 11.7. The summed E-state index contributed by atoms with van der Waals surface area (Å²) in [6.07, 6.45) is -4.18. The summed E-state index contributed by atoms with van der Waals surface area (Å²) in [6, 6.07) is 0. The molecule has 2 N–H and O–H groups in total. The minimum absolute atomic E-state index is 0.0292. The van der Waals surface area contributed by atoms with Gasteiger partial charge in [0.2, 0.25) is 0 Å². The second-order valence-corrected chi connectivity index (χ2v) is 30.4. The summed E-state index contributed by atoms with van der Waals surface area (Å²) in [6.45, 7) is 37.5. The molecule has 1 fully saturated rings. The van der Waals surface area contributed by atoms with Crippen molar-refractivity contribution < 1.29 is 28.2 Å². The maximum absolute atomic E-state index is 11.7. The van der Waals surface area contributed by atoms with E-state index in [9.17, 15) is 10.2 Å². The first-order valence-corrected chi connectivity index (χ1v) is 22.9. The Kier molecular flexibility index (Phi) is 11.2. The fraction of sp³-hybridized carbons (Fsp3) is 1.00. The highest BCUT2D eigenvalue weighted by atomic mass is 28.4. The first-order valence-electron chi connectivity index (χ1n) is 14.2. The molecule has 0 aromatic carbocycles. The molecule has 37 heavy (non-hydrogen) atoms. The standard InChI is InChI=1S/C28H62O6Si3/c1-19(2)21(29)24-22(30)25(34-37(16,17)28(9,10)11)23(33-36(14,15)27(6,7)8)20(32-24)18-31-35(12,13)26(3,4)5/h19-25,29-30H,18H2,1-17H3/t20-,21?,22+,23-,24-,25-/m1/s1. The Morgan fingerprint density at radius 3 is 1.43 bits per heavy atom. The van der Waals surface area contributed by atoms with Gasteiger partial charge in [-0.1, -0.05) is 76.2 Å². The van der Waals surface area contributed by atoms with Crippen LogP contribution in [0.2, 0.25) is 54.4 Å². The number of ether oxygens (including phenoxy) is 1. The zero-order valence-corrected chi connectivity index (χ0v) is 30.3. The van der Waals surface area contributed by atoms with Crippen LogP contribution in [0.25, 0.3) is 0 Å². The molecule has 1 saturated heterocycles. The van der Waals surface area contributed by atoms with Crippen LogP contribution >= 0.6 is 0 Å². The van der Waals surface area contributed by atoms with Crippen molar-refractivity contribution >= 4 is 25.0 Å². The predicted octanol–water partition coefficient (Wildman–Crippen LogP) is 6.93. The number of hydrogen-bond donors (Lipinski definition) is 2. The second-order valence-electron chi connectivity index (χ2n) is 16.1. The van der Waals surface area contributed by atoms with Crippen molar-refractivity contribution in [2.45, 2.75) is 167 Å². The van der Waals surface area contributed by atoms with Gasteiger partial charge in [-0.15, -0.1) is 0 Å². The van der Waals surface area contributed by atoms with Gasteiger partial charge in [-0.25, -0.2) is 0 Å². The number of hydrogen-bond acceptors (Lipinski definition) is 6. The van der Waals surface area contributed by atoms with Crippen molar-refractivity contribution in [3.05, 3.63) is 0 Å². The molecule has 0 aliphatic carbocycles. The minimum Gasteiger partial charge on any atom is -0.414 e. The Morgan fingerprint density at radius 2 is 1.08 bits per heavy atom. The summed E-state index contributed by atoms with van der Waals surface area (Å²) >= 11 is 0. The molecule has 1 aliphatic rings. The molecule has 0 saturated carbocycles. The molecule has 6 atom stereocenters. The Hall–Kier alpha value is 0.411. The lowest BCUT2D eigenvalue weighted by molar-refractivity contribution is -0.245. The molecule has 0 spiro atoms. The van der Waals surface area contributed by atoms with Crippen molar-refractivity contribution in [1.82, 2.24) is 0 Å². The summed E-state index contributed by atoms with van der Waals surface area (Å²) in [7, 11) is -6.66. The third-order valence-corrected chi connectivity index (χ3v) is 23.1. The molecule has 6 nitrogen and oxygen atoms in total. The van der Waals surface area contributed by atoms with Crippen LogP contribution < -0.4 is 0 Å². The van der Waals surface area contributed by atoms with Crippen LogP contribution in [0.15, 0.2) is 0 Å². The Labute approximate surface area is 232 Å². The smallest absolute Gasteiger partial charge is 0.192 e. The highest BCUT2D eigenvalue weighted by Gasteiger charge is 2.55. The molecular formula is C28H62O6Si3. The van der Waals surface area contributed by atoms with Crippen molar-refractivity contribution in [1.29, 1.82) is 0 Å². The van der Waals surface area contributed by atoms with E-state index in [0.717, 1.165) is 0 Å². The molecule has 222 valence electrons. The fourth-order valence-corrected chi connectivity index (χ4v) is 7.21. The van der Waals surface area contributed by atoms with Gasteiger partial charge >= 0.3 is 0 Å². The van der Waals surface area contributed by atoms with Gasteiger partial charge in [0.25, 0.3) is 0 Å². The number of rotatable bonds is 9. The lowest BCUT2D eigenvalue weighted by atomic mass is 9.89. The summed E-state index contributed by atoms with van der Waals surface area (Å²) in [5.41, 5.74) is 0. The maximum Gasteiger partial charge on any atom is 0.192 e. The molecule has 0 aromatic rings. The Balaban J connectivity index is 3.63. The lowest BCUT2D eigenvalue weighted by Gasteiger charge is -2.53. The fourth-order valence-electron chi connectivity index (χ4n) is 3.57. The molecular weight excluding hydrogens is 517 g/mol. The minimum atomic E-state index is -2.30. The first-order chi connectivity index (χ1) is 16.2. The van der Waals surface area contributed by atoms with Crippen LogP contribution in [-0.4, -0.2) is 78.4 Å². The molecule has 0 aromatic heterocycles. The topological polar surface area (TPSA) is 77.4 Å². The lowest BCUT2D eigenvalue weighted by Crippen LogP contribution is -2.68. The van der Waals surface area contributed by atoms with Crippen molar-refractivity contribution in [2.24, 2.45) is 5.92 Å². The monoisotopic (exact) mass is 578 g/mol. The van der Waals surface area contributed by atoms with E-state index in [1.54, 1.807) is 0 Å². The third-order valence-electron chi connectivity index (χ3n) is 9.60. The van der Waals surface area contributed by atoms with Gasteiger partial charge in [0, 0.05) is 0 Å². The number of aliphatic hydroxyl groups is 2. The quantitative estimate of drug-likeness (QED) is 0.289. The summed E-state index contributed by atoms with van der Waals surface area (Å²) in [5.74, 6) is -0.0759. The predicted molar refractivity (Wildman–Crippen MR) is 163 cm³/mol. The van der Waals surface area contributed by atoms with E-state index in [1.807, 2.05) is 13.8 Å². The Bertz CT molecular complexity index is 734. The first kappa shape index (κ1) is 35.4. The maximum atomic E-state index is 11.7. The summed E-state index contributed by atoms with van der Waals surface area (Å²) < 4.78 is 27.2. The van der Waals surface area contributed by atoms with E-state index in [2.05, 4.69) is 102 Å².